The first-order chi connectivity index (χ1) is 13.1. The molecule has 0 aliphatic rings. The molecule has 2 rings (SSSR count). The number of nitrogens with one attached hydrogen (secondary N) is 1. The molecule has 1 amide bonds. The van der Waals surface area contributed by atoms with Crippen molar-refractivity contribution in [2.45, 2.75) is 19.4 Å². The average molecular weight is 449 g/mol. The van der Waals surface area contributed by atoms with E-state index in [1.165, 1.54) is 19.2 Å². The maximum Gasteiger partial charge on any atom is 0.248 e. The lowest BCUT2D eigenvalue weighted by Gasteiger charge is -2.30. The molecule has 152 valence electrons. The van der Waals surface area contributed by atoms with E-state index >= 15 is 0 Å². The highest BCUT2D eigenvalue weighted by molar-refractivity contribution is 7.92. The zero-order valence-electron chi connectivity index (χ0n) is 15.4. The third kappa shape index (κ3) is 5.06. The van der Waals surface area contributed by atoms with Gasteiger partial charge in [-0.1, -0.05) is 30.1 Å². The second-order valence-corrected chi connectivity index (χ2v) is 8.62. The molecule has 10 heteroatoms. The molecule has 0 aliphatic carbocycles. The van der Waals surface area contributed by atoms with E-state index in [1.807, 2.05) is 0 Å². The number of carbonyl (C=O) groups is 1. The first kappa shape index (κ1) is 22.3. The SMILES string of the molecule is CC[C@@H](C(=O)Nc1cc(Cl)ccc1OC)N(c1ccc(F)c(Cl)c1)S(C)(=O)=O. The monoisotopic (exact) mass is 448 g/mol. The Kier molecular flexibility index (Phi) is 7.14. The van der Waals surface area contributed by atoms with Gasteiger partial charge in [-0.2, -0.15) is 0 Å². The minimum absolute atomic E-state index is 0.0777. The van der Waals surface area contributed by atoms with Gasteiger partial charge < -0.3 is 10.1 Å². The molecule has 0 fully saturated rings. The van der Waals surface area contributed by atoms with Crippen LogP contribution in [0.15, 0.2) is 36.4 Å². The number of benzene rings is 2. The molecule has 2 aromatic carbocycles. The summed E-state index contributed by atoms with van der Waals surface area (Å²) in [6.45, 7) is 1.66. The minimum Gasteiger partial charge on any atom is -0.495 e. The van der Waals surface area contributed by atoms with Crippen LogP contribution in [0, 0.1) is 5.82 Å². The van der Waals surface area contributed by atoms with Crippen LogP contribution >= 0.6 is 23.2 Å². The summed E-state index contributed by atoms with van der Waals surface area (Å²) in [5, 5.41) is 2.76. The number of methoxy groups -OCH3 is 1. The van der Waals surface area contributed by atoms with E-state index in [4.69, 9.17) is 27.9 Å². The Balaban J connectivity index is 2.45. The summed E-state index contributed by atoms with van der Waals surface area (Å²) in [4.78, 5) is 12.9. The van der Waals surface area contributed by atoms with E-state index < -0.39 is 27.8 Å². The van der Waals surface area contributed by atoms with Crippen LogP contribution in [-0.4, -0.2) is 33.7 Å². The molecule has 0 heterocycles. The van der Waals surface area contributed by atoms with Gasteiger partial charge in [0, 0.05) is 5.02 Å². The summed E-state index contributed by atoms with van der Waals surface area (Å²) >= 11 is 11.8. The zero-order chi connectivity index (χ0) is 21.1. The van der Waals surface area contributed by atoms with Crippen molar-refractivity contribution in [1.29, 1.82) is 0 Å². The quantitative estimate of drug-likeness (QED) is 0.683. The molecular formula is C18H19Cl2FN2O4S. The van der Waals surface area contributed by atoms with Crippen molar-refractivity contribution >= 4 is 50.5 Å². The maximum absolute atomic E-state index is 13.5. The second-order valence-electron chi connectivity index (χ2n) is 5.92. The Bertz CT molecular complexity index is 986. The van der Waals surface area contributed by atoms with Gasteiger partial charge in [0.25, 0.3) is 0 Å². The summed E-state index contributed by atoms with van der Waals surface area (Å²) in [5.74, 6) is -0.933. The molecule has 28 heavy (non-hydrogen) atoms. The molecule has 0 spiro atoms. The predicted molar refractivity (Wildman–Crippen MR) is 109 cm³/mol. The highest BCUT2D eigenvalue weighted by Gasteiger charge is 2.32. The van der Waals surface area contributed by atoms with E-state index in [2.05, 4.69) is 5.32 Å². The summed E-state index contributed by atoms with van der Waals surface area (Å²) in [7, 11) is -2.46. The first-order valence-electron chi connectivity index (χ1n) is 8.17. The standard InChI is InChI=1S/C18H19Cl2FN2O4S/c1-4-16(18(24)22-15-9-11(19)5-8-17(15)27-2)23(28(3,25)26)12-6-7-14(21)13(20)10-12/h5-10,16H,4H2,1-3H3,(H,22,24)/t16-/m0/s1. The van der Waals surface area contributed by atoms with E-state index in [-0.39, 0.29) is 17.1 Å². The van der Waals surface area contributed by atoms with Crippen LogP contribution in [0.5, 0.6) is 5.75 Å². The molecule has 0 saturated heterocycles. The van der Waals surface area contributed by atoms with Crippen molar-refractivity contribution in [3.63, 3.8) is 0 Å². The Hall–Kier alpha value is -2.03. The summed E-state index contributed by atoms with van der Waals surface area (Å²) < 4.78 is 44.5. The Morgan fingerprint density at radius 2 is 1.93 bits per heavy atom. The van der Waals surface area contributed by atoms with Crippen molar-refractivity contribution in [1.82, 2.24) is 0 Å². The van der Waals surface area contributed by atoms with Crippen LogP contribution in [-0.2, 0) is 14.8 Å². The first-order valence-corrected chi connectivity index (χ1v) is 10.8. The third-order valence-corrected chi connectivity index (χ3v) is 5.61. The van der Waals surface area contributed by atoms with Gasteiger partial charge in [-0.15, -0.1) is 0 Å². The zero-order valence-corrected chi connectivity index (χ0v) is 17.7. The van der Waals surface area contributed by atoms with Gasteiger partial charge in [0.05, 0.1) is 29.8 Å². The largest absolute Gasteiger partial charge is 0.495 e. The number of amides is 1. The summed E-state index contributed by atoms with van der Waals surface area (Å²) in [5.41, 5.74) is 0.373. The number of hydrogen-bond acceptors (Lipinski definition) is 4. The number of anilines is 2. The Labute approximate surface area is 173 Å². The van der Waals surface area contributed by atoms with Crippen molar-refractivity contribution in [3.8, 4) is 5.75 Å². The number of carbonyl (C=O) groups excluding carboxylic acids is 1. The Morgan fingerprint density at radius 3 is 2.46 bits per heavy atom. The fourth-order valence-electron chi connectivity index (χ4n) is 2.68. The van der Waals surface area contributed by atoms with Crippen LogP contribution in [0.2, 0.25) is 10.0 Å². The lowest BCUT2D eigenvalue weighted by atomic mass is 10.1. The summed E-state index contributed by atoms with van der Waals surface area (Å²) in [6.07, 6.45) is 1.11. The molecule has 1 atom stereocenters. The number of sulfonamides is 1. The minimum atomic E-state index is -3.89. The second kappa shape index (κ2) is 8.98. The van der Waals surface area contributed by atoms with Gasteiger partial charge in [-0.3, -0.25) is 9.10 Å². The van der Waals surface area contributed by atoms with Crippen LogP contribution in [0.4, 0.5) is 15.8 Å². The van der Waals surface area contributed by atoms with Crippen molar-refractivity contribution < 1.29 is 22.3 Å². The number of ether oxygens (including phenoxy) is 1. The fraction of sp³-hybridized carbons (Fsp3) is 0.278. The van der Waals surface area contributed by atoms with E-state index in [9.17, 15) is 17.6 Å². The Morgan fingerprint density at radius 1 is 1.25 bits per heavy atom. The van der Waals surface area contributed by atoms with E-state index in [1.54, 1.807) is 19.1 Å². The third-order valence-electron chi connectivity index (χ3n) is 3.91. The van der Waals surface area contributed by atoms with Crippen LogP contribution < -0.4 is 14.4 Å². The van der Waals surface area contributed by atoms with Gasteiger partial charge >= 0.3 is 0 Å². The number of rotatable bonds is 7. The highest BCUT2D eigenvalue weighted by Crippen LogP contribution is 2.30. The molecule has 0 aromatic heterocycles. The molecule has 0 bridgehead atoms. The fourth-order valence-corrected chi connectivity index (χ4v) is 4.23. The molecule has 0 unspecified atom stereocenters. The lowest BCUT2D eigenvalue weighted by molar-refractivity contribution is -0.117. The number of nitrogens with zero attached hydrogens (tertiary/aromatic N) is 1. The highest BCUT2D eigenvalue weighted by atomic mass is 35.5. The molecule has 0 saturated carbocycles. The number of hydrogen-bond donors (Lipinski definition) is 1. The molecule has 2 aromatic rings. The molecule has 0 aliphatic heterocycles. The van der Waals surface area contributed by atoms with Gasteiger partial charge in [-0.05, 0) is 42.8 Å². The normalized spacial score (nSPS) is 12.4. The molecular weight excluding hydrogens is 430 g/mol. The lowest BCUT2D eigenvalue weighted by Crippen LogP contribution is -2.47. The van der Waals surface area contributed by atoms with Gasteiger partial charge in [0.15, 0.2) is 0 Å². The van der Waals surface area contributed by atoms with Crippen molar-refractivity contribution in [3.05, 3.63) is 52.3 Å². The van der Waals surface area contributed by atoms with Crippen LogP contribution in [0.3, 0.4) is 0 Å². The van der Waals surface area contributed by atoms with E-state index in [0.717, 1.165) is 22.7 Å². The topological polar surface area (TPSA) is 75.7 Å². The molecule has 6 nitrogen and oxygen atoms in total. The van der Waals surface area contributed by atoms with Gasteiger partial charge in [0.2, 0.25) is 15.9 Å². The van der Waals surface area contributed by atoms with E-state index in [0.29, 0.717) is 16.5 Å². The average Bonchev–Trinajstić information content (AvgIpc) is 2.61. The number of halogens is 3. The van der Waals surface area contributed by atoms with Gasteiger partial charge in [-0.25, -0.2) is 12.8 Å². The smallest absolute Gasteiger partial charge is 0.248 e. The van der Waals surface area contributed by atoms with Crippen molar-refractivity contribution in [2.24, 2.45) is 0 Å². The molecule has 1 N–H and O–H groups in total. The van der Waals surface area contributed by atoms with Crippen LogP contribution in [0.1, 0.15) is 13.3 Å². The maximum atomic E-state index is 13.5. The van der Waals surface area contributed by atoms with Gasteiger partial charge in [0.1, 0.15) is 17.6 Å². The summed E-state index contributed by atoms with van der Waals surface area (Å²) in [6, 6.07) is 7.00. The predicted octanol–water partition coefficient (Wildman–Crippen LogP) is 4.32. The van der Waals surface area contributed by atoms with Crippen LogP contribution in [0.25, 0.3) is 0 Å². The van der Waals surface area contributed by atoms with Crippen molar-refractivity contribution in [2.75, 3.05) is 23.0 Å². The molecule has 0 radical (unpaired) electrons.